The van der Waals surface area contributed by atoms with Crippen LogP contribution in [0.25, 0.3) is 42.7 Å². The third kappa shape index (κ3) is 6.54. The highest BCUT2D eigenvalue weighted by Gasteiger charge is 2.25. The molecule has 0 amide bonds. The molecule has 0 bridgehead atoms. The van der Waals surface area contributed by atoms with Crippen LogP contribution in [0.1, 0.15) is 13.8 Å². The van der Waals surface area contributed by atoms with Gasteiger partial charge >= 0.3 is 18.3 Å². The molecule has 0 aliphatic carbocycles. The van der Waals surface area contributed by atoms with Crippen molar-refractivity contribution in [2.75, 3.05) is 27.4 Å². The van der Waals surface area contributed by atoms with Gasteiger partial charge in [0.2, 0.25) is 11.8 Å². The van der Waals surface area contributed by atoms with Gasteiger partial charge in [0.15, 0.2) is 0 Å². The van der Waals surface area contributed by atoms with E-state index in [1.54, 1.807) is 24.3 Å². The molecule has 236 valence electrons. The Bertz CT molecular complexity index is 1830. The molecule has 0 radical (unpaired) electrons. The van der Waals surface area contributed by atoms with Crippen LogP contribution >= 0.6 is 22.7 Å². The number of rotatable bonds is 12. The topological polar surface area (TPSA) is 202 Å². The standard InChI is InChI=1S/C27H22N8O9S2/c1-5-39-15-9-17(13-7-19(37-3)30-11-28-13)45-21(15)23-32-34-25(41-23)43-27(36)44-26-35-33-24(42-26)22-16(40-6-2)10-18(46-22)14-8-20(38-4)31-12-29-14/h7-12H,5-6H2,1-4H3. The molecule has 6 heterocycles. The Labute approximate surface area is 267 Å². The maximum absolute atomic E-state index is 12.5. The number of hydrogen-bond acceptors (Lipinski definition) is 19. The molecule has 0 unspecified atom stereocenters. The lowest BCUT2D eigenvalue weighted by atomic mass is 10.3. The van der Waals surface area contributed by atoms with Gasteiger partial charge in [-0.05, 0) is 13.8 Å². The lowest BCUT2D eigenvalue weighted by molar-refractivity contribution is 0.124. The summed E-state index contributed by atoms with van der Waals surface area (Å²) in [6.45, 7) is 4.42. The van der Waals surface area contributed by atoms with Gasteiger partial charge in [0, 0.05) is 24.3 Å². The van der Waals surface area contributed by atoms with E-state index in [1.165, 1.54) is 49.5 Å². The molecular weight excluding hydrogens is 644 g/mol. The van der Waals surface area contributed by atoms with Crippen LogP contribution < -0.4 is 28.4 Å². The van der Waals surface area contributed by atoms with E-state index in [4.69, 9.17) is 37.3 Å². The van der Waals surface area contributed by atoms with Crippen molar-refractivity contribution in [3.05, 3.63) is 36.9 Å². The lowest BCUT2D eigenvalue weighted by Gasteiger charge is -2.00. The summed E-state index contributed by atoms with van der Waals surface area (Å²) in [6, 6.07) is 6.90. The van der Waals surface area contributed by atoms with Crippen molar-refractivity contribution in [1.29, 1.82) is 0 Å². The molecule has 19 heteroatoms. The van der Waals surface area contributed by atoms with Crippen molar-refractivity contribution in [1.82, 2.24) is 40.3 Å². The number of nitrogens with zero attached hydrogens (tertiary/aromatic N) is 8. The fraction of sp³-hybridized carbons (Fsp3) is 0.222. The molecule has 6 rings (SSSR count). The van der Waals surface area contributed by atoms with Gasteiger partial charge in [0.05, 0.1) is 48.6 Å². The van der Waals surface area contributed by atoms with Crippen LogP contribution in [-0.4, -0.2) is 73.9 Å². The summed E-state index contributed by atoms with van der Waals surface area (Å²) >= 11 is 2.54. The van der Waals surface area contributed by atoms with Gasteiger partial charge in [-0.3, -0.25) is 0 Å². The first kappa shape index (κ1) is 30.3. The summed E-state index contributed by atoms with van der Waals surface area (Å²) in [7, 11) is 3.02. The monoisotopic (exact) mass is 666 g/mol. The van der Waals surface area contributed by atoms with Crippen LogP contribution in [0.4, 0.5) is 4.79 Å². The molecule has 46 heavy (non-hydrogen) atoms. The fourth-order valence-corrected chi connectivity index (χ4v) is 5.83. The van der Waals surface area contributed by atoms with Crippen molar-refractivity contribution < 1.29 is 42.1 Å². The highest BCUT2D eigenvalue weighted by atomic mass is 32.1. The minimum absolute atomic E-state index is 0.0434. The first-order valence-electron chi connectivity index (χ1n) is 13.3. The smallest absolute Gasteiger partial charge is 0.492 e. The molecule has 0 N–H and O–H groups in total. The Morgan fingerprint density at radius 3 is 1.54 bits per heavy atom. The minimum atomic E-state index is -1.25. The zero-order valence-corrected chi connectivity index (χ0v) is 26.1. The Balaban J connectivity index is 1.16. The van der Waals surface area contributed by atoms with E-state index < -0.39 is 18.3 Å². The number of aromatic nitrogens is 8. The molecule has 6 aromatic heterocycles. The van der Waals surface area contributed by atoms with E-state index >= 15 is 0 Å². The number of ether oxygens (including phenoxy) is 6. The molecule has 6 aromatic rings. The first-order valence-corrected chi connectivity index (χ1v) is 14.9. The molecule has 0 saturated carbocycles. The van der Waals surface area contributed by atoms with Crippen LogP contribution in [-0.2, 0) is 0 Å². The second-order valence-electron chi connectivity index (χ2n) is 8.57. The van der Waals surface area contributed by atoms with Crippen LogP contribution in [0.3, 0.4) is 0 Å². The van der Waals surface area contributed by atoms with E-state index in [1.807, 2.05) is 13.8 Å². The van der Waals surface area contributed by atoms with E-state index in [-0.39, 0.29) is 11.8 Å². The van der Waals surface area contributed by atoms with Gasteiger partial charge in [-0.1, -0.05) is 10.2 Å². The minimum Gasteiger partial charge on any atom is -0.492 e. The summed E-state index contributed by atoms with van der Waals surface area (Å²) in [6.07, 6.45) is 0.557. The normalized spacial score (nSPS) is 10.9. The lowest BCUT2D eigenvalue weighted by Crippen LogP contribution is -2.14. The molecule has 17 nitrogen and oxygen atoms in total. The number of thiophene rings is 2. The summed E-state index contributed by atoms with van der Waals surface area (Å²) in [5.74, 6) is 1.83. The zero-order valence-electron chi connectivity index (χ0n) is 24.4. The van der Waals surface area contributed by atoms with E-state index in [0.717, 1.165) is 9.75 Å². The Hall–Kier alpha value is -5.69. The number of methoxy groups -OCH3 is 2. The van der Waals surface area contributed by atoms with Crippen molar-refractivity contribution in [2.45, 2.75) is 13.8 Å². The van der Waals surface area contributed by atoms with Crippen molar-refractivity contribution in [3.8, 4) is 78.1 Å². The summed E-state index contributed by atoms with van der Waals surface area (Å²) in [5.41, 5.74) is 1.20. The van der Waals surface area contributed by atoms with Gasteiger partial charge in [-0.25, -0.2) is 24.7 Å². The Morgan fingerprint density at radius 1 is 0.674 bits per heavy atom. The highest BCUT2D eigenvalue weighted by molar-refractivity contribution is 7.19. The van der Waals surface area contributed by atoms with E-state index in [9.17, 15) is 4.79 Å². The fourth-order valence-electron chi connectivity index (χ4n) is 3.85. The summed E-state index contributed by atoms with van der Waals surface area (Å²) in [4.78, 5) is 31.6. The SMILES string of the molecule is CCOc1cc(-c2cc(OC)ncn2)sc1-c1nnc(OC(=O)Oc2nnc(-c3sc(-c4cc(OC)ncn4)cc3OCC)o2)o1. The molecular formula is C27H22N8O9S2. The van der Waals surface area contributed by atoms with Crippen LogP contribution in [0.2, 0.25) is 0 Å². The van der Waals surface area contributed by atoms with Crippen molar-refractivity contribution in [3.63, 3.8) is 0 Å². The highest BCUT2D eigenvalue weighted by Crippen LogP contribution is 2.44. The van der Waals surface area contributed by atoms with Gasteiger partial charge < -0.3 is 37.3 Å². The molecule has 0 aromatic carbocycles. The predicted molar refractivity (Wildman–Crippen MR) is 159 cm³/mol. The van der Waals surface area contributed by atoms with Crippen LogP contribution in [0.15, 0.2) is 45.8 Å². The Morgan fingerprint density at radius 2 is 1.13 bits per heavy atom. The maximum atomic E-state index is 12.5. The first-order chi connectivity index (χ1) is 22.5. The number of carbonyl (C=O) groups excluding carboxylic acids is 1. The molecule has 0 spiro atoms. The largest absolute Gasteiger partial charge is 0.526 e. The van der Waals surface area contributed by atoms with Crippen molar-refractivity contribution >= 4 is 28.8 Å². The third-order valence-electron chi connectivity index (χ3n) is 5.75. The molecule has 0 saturated heterocycles. The molecule has 0 fully saturated rings. The maximum Gasteiger partial charge on any atom is 0.526 e. The Kier molecular flexibility index (Phi) is 8.92. The van der Waals surface area contributed by atoms with Crippen LogP contribution in [0.5, 0.6) is 35.4 Å². The second-order valence-corrected chi connectivity index (χ2v) is 10.7. The quantitative estimate of drug-likeness (QED) is 0.154. The average molecular weight is 667 g/mol. The number of hydrogen-bond donors (Lipinski definition) is 0. The number of carbonyl (C=O) groups is 1. The predicted octanol–water partition coefficient (Wildman–Crippen LogP) is 5.22. The van der Waals surface area contributed by atoms with E-state index in [2.05, 4.69) is 40.3 Å². The van der Waals surface area contributed by atoms with Gasteiger partial charge in [0.1, 0.15) is 33.9 Å². The van der Waals surface area contributed by atoms with Gasteiger partial charge in [-0.2, -0.15) is 0 Å². The third-order valence-corrected chi connectivity index (χ3v) is 8.00. The molecule has 0 aliphatic rings. The zero-order chi connectivity index (χ0) is 32.0. The van der Waals surface area contributed by atoms with E-state index in [0.29, 0.717) is 57.6 Å². The molecule has 0 aliphatic heterocycles. The summed E-state index contributed by atoms with van der Waals surface area (Å²) in [5, 5.41) is 15.5. The van der Waals surface area contributed by atoms with Gasteiger partial charge in [0.25, 0.3) is 11.8 Å². The average Bonchev–Trinajstić information content (AvgIpc) is 3.89. The summed E-state index contributed by atoms with van der Waals surface area (Å²) < 4.78 is 43.1. The van der Waals surface area contributed by atoms with Gasteiger partial charge in [-0.15, -0.1) is 32.9 Å². The van der Waals surface area contributed by atoms with Crippen molar-refractivity contribution in [2.24, 2.45) is 0 Å². The second kappa shape index (κ2) is 13.5. The van der Waals surface area contributed by atoms with Crippen LogP contribution in [0, 0.1) is 0 Å². The molecule has 0 atom stereocenters.